The van der Waals surface area contributed by atoms with E-state index in [0.717, 1.165) is 11.5 Å². The van der Waals surface area contributed by atoms with E-state index in [0.29, 0.717) is 17.1 Å². The van der Waals surface area contributed by atoms with Crippen LogP contribution in [0.3, 0.4) is 0 Å². The molecule has 0 saturated heterocycles. The maximum atomic E-state index is 12.1. The van der Waals surface area contributed by atoms with Crippen molar-refractivity contribution in [1.29, 1.82) is 0 Å². The molecule has 0 aromatic heterocycles. The second kappa shape index (κ2) is 11.2. The third-order valence-corrected chi connectivity index (χ3v) is 5.84. The molecule has 0 N–H and O–H groups in total. The maximum absolute atomic E-state index is 12.1. The second-order valence-electron chi connectivity index (χ2n) is 8.43. The van der Waals surface area contributed by atoms with E-state index in [4.69, 9.17) is 18.9 Å². The van der Waals surface area contributed by atoms with Crippen molar-refractivity contribution in [3.05, 3.63) is 44.9 Å². The van der Waals surface area contributed by atoms with E-state index in [1.807, 2.05) is 13.8 Å². The Bertz CT molecular complexity index is 948. The first-order valence-electron chi connectivity index (χ1n) is 10.7. The Labute approximate surface area is 192 Å². The number of ether oxygens (including phenoxy) is 4. The highest BCUT2D eigenvalue weighted by atomic mass is 16.5. The Morgan fingerprint density at radius 2 is 1.00 bits per heavy atom. The molecular weight excluding hydrogens is 408 g/mol. The zero-order valence-corrected chi connectivity index (χ0v) is 21.6. The van der Waals surface area contributed by atoms with Gasteiger partial charge in [-0.25, -0.2) is 0 Å². The minimum atomic E-state index is -0.275. The largest absolute Gasteiger partial charge is 0.493 e. The minimum Gasteiger partial charge on any atom is -0.493 e. The first-order chi connectivity index (χ1) is 14.9. The molecule has 0 unspecified atom stereocenters. The van der Waals surface area contributed by atoms with Gasteiger partial charge < -0.3 is 18.9 Å². The van der Waals surface area contributed by atoms with Crippen molar-refractivity contribution >= 4 is 11.6 Å². The molecule has 0 spiro atoms. The lowest BCUT2D eigenvalue weighted by atomic mass is 9.86. The van der Waals surface area contributed by atoms with Gasteiger partial charge in [-0.2, -0.15) is 0 Å². The van der Waals surface area contributed by atoms with E-state index in [9.17, 15) is 9.59 Å². The monoisotopic (exact) mass is 446 g/mol. The van der Waals surface area contributed by atoms with Gasteiger partial charge >= 0.3 is 0 Å². The average Bonchev–Trinajstić information content (AvgIpc) is 2.72. The fraction of sp³-hybridized carbons (Fsp3) is 0.538. The fourth-order valence-corrected chi connectivity index (χ4v) is 4.33. The van der Waals surface area contributed by atoms with E-state index in [1.54, 1.807) is 21.1 Å². The van der Waals surface area contributed by atoms with Crippen molar-refractivity contribution in [3.8, 4) is 11.5 Å². The van der Waals surface area contributed by atoms with Gasteiger partial charge in [0.15, 0.2) is 11.5 Å². The standard InChI is InChI=1S/C14H22O2.C12H16O4/c1-8(2)12-9(3)10(4)13(15-6)14(16-7)11(12)5;1-6(2)8-7(3)9(13)11(15-4)12(16-5)10(8)14/h8H,1-7H3;6H,1-5H3. The van der Waals surface area contributed by atoms with Crippen molar-refractivity contribution in [2.24, 2.45) is 5.92 Å². The molecule has 1 aromatic rings. The summed E-state index contributed by atoms with van der Waals surface area (Å²) in [6, 6.07) is 0. The van der Waals surface area contributed by atoms with Crippen molar-refractivity contribution < 1.29 is 28.5 Å². The predicted molar refractivity (Wildman–Crippen MR) is 126 cm³/mol. The Morgan fingerprint density at radius 1 is 0.562 bits per heavy atom. The van der Waals surface area contributed by atoms with Crippen molar-refractivity contribution in [2.45, 2.75) is 61.3 Å². The molecule has 0 atom stereocenters. The Balaban J connectivity index is 0.000000320. The van der Waals surface area contributed by atoms with Gasteiger partial charge in [-0.05, 0) is 61.8 Å². The van der Waals surface area contributed by atoms with Crippen LogP contribution in [0.5, 0.6) is 11.5 Å². The topological polar surface area (TPSA) is 71.1 Å². The minimum absolute atomic E-state index is 0.00167. The number of hydrogen-bond acceptors (Lipinski definition) is 6. The number of ketones is 2. The van der Waals surface area contributed by atoms with Gasteiger partial charge in [-0.1, -0.05) is 27.7 Å². The van der Waals surface area contributed by atoms with Crippen LogP contribution in [0.25, 0.3) is 0 Å². The molecule has 0 fully saturated rings. The van der Waals surface area contributed by atoms with Crippen LogP contribution in [0, 0.1) is 26.7 Å². The Kier molecular flexibility index (Phi) is 9.55. The summed E-state index contributed by atoms with van der Waals surface area (Å²) in [5.41, 5.74) is 5.99. The summed E-state index contributed by atoms with van der Waals surface area (Å²) >= 11 is 0. The molecule has 0 saturated carbocycles. The van der Waals surface area contributed by atoms with Crippen LogP contribution in [0.1, 0.15) is 62.8 Å². The number of carbonyl (C=O) groups is 2. The molecule has 6 nitrogen and oxygen atoms in total. The van der Waals surface area contributed by atoms with Crippen LogP contribution in [0.2, 0.25) is 0 Å². The second-order valence-corrected chi connectivity index (χ2v) is 8.43. The molecule has 0 heterocycles. The van der Waals surface area contributed by atoms with Crippen molar-refractivity contribution in [1.82, 2.24) is 0 Å². The molecule has 1 aromatic carbocycles. The first-order valence-corrected chi connectivity index (χ1v) is 10.7. The van der Waals surface area contributed by atoms with Gasteiger partial charge in [-0.3, -0.25) is 9.59 Å². The highest BCUT2D eigenvalue weighted by Gasteiger charge is 2.35. The number of carbonyl (C=O) groups excluding carboxylic acids is 2. The number of allylic oxidation sites excluding steroid dienone is 2. The van der Waals surface area contributed by atoms with Gasteiger partial charge in [0.05, 0.1) is 28.4 Å². The molecule has 32 heavy (non-hydrogen) atoms. The summed E-state index contributed by atoms with van der Waals surface area (Å²) < 4.78 is 20.8. The van der Waals surface area contributed by atoms with Crippen molar-refractivity contribution in [2.75, 3.05) is 28.4 Å². The third-order valence-electron chi connectivity index (χ3n) is 5.84. The third kappa shape index (κ3) is 5.00. The SMILES string of the molecule is COC1=C(OC)C(=O)C(C(C)C)=C(C)C1=O.COc1c(C)c(C)c(C(C)C)c(C)c1OC. The van der Waals surface area contributed by atoms with Crippen LogP contribution < -0.4 is 9.47 Å². The van der Waals surface area contributed by atoms with E-state index >= 15 is 0 Å². The summed E-state index contributed by atoms with van der Waals surface area (Å²) in [5.74, 6) is 1.68. The van der Waals surface area contributed by atoms with Crippen LogP contribution in [-0.2, 0) is 19.1 Å². The van der Waals surface area contributed by atoms with Gasteiger partial charge in [0.1, 0.15) is 0 Å². The number of Topliss-reactive ketones (excluding diaryl/α,β-unsaturated/α-hetero) is 2. The maximum Gasteiger partial charge on any atom is 0.228 e. The molecule has 6 heteroatoms. The van der Waals surface area contributed by atoms with Gasteiger partial charge in [-0.15, -0.1) is 0 Å². The lowest BCUT2D eigenvalue weighted by molar-refractivity contribution is -0.121. The molecule has 1 aliphatic carbocycles. The lowest BCUT2D eigenvalue weighted by Gasteiger charge is -2.22. The van der Waals surface area contributed by atoms with Gasteiger partial charge in [0.25, 0.3) is 0 Å². The predicted octanol–water partition coefficient (Wildman–Crippen LogP) is 5.37. The average molecular weight is 447 g/mol. The molecule has 0 bridgehead atoms. The van der Waals surface area contributed by atoms with Crippen LogP contribution in [-0.4, -0.2) is 40.0 Å². The molecular formula is C26H38O6. The van der Waals surface area contributed by atoms with Crippen LogP contribution in [0.4, 0.5) is 0 Å². The molecule has 0 amide bonds. The zero-order valence-electron chi connectivity index (χ0n) is 21.6. The van der Waals surface area contributed by atoms with Gasteiger partial charge in [0.2, 0.25) is 23.1 Å². The summed E-state index contributed by atoms with van der Waals surface area (Å²) in [7, 11) is 6.10. The highest BCUT2D eigenvalue weighted by molar-refractivity contribution is 6.23. The Hall–Kier alpha value is -2.76. The van der Waals surface area contributed by atoms with Gasteiger partial charge in [0, 0.05) is 11.1 Å². The summed E-state index contributed by atoms with van der Waals surface area (Å²) in [5, 5.41) is 0. The highest BCUT2D eigenvalue weighted by Crippen LogP contribution is 2.41. The Morgan fingerprint density at radius 3 is 1.38 bits per heavy atom. The fourth-order valence-electron chi connectivity index (χ4n) is 4.33. The lowest BCUT2D eigenvalue weighted by Crippen LogP contribution is -2.27. The normalized spacial score (nSPS) is 14.1. The molecule has 178 valence electrons. The van der Waals surface area contributed by atoms with Crippen LogP contribution >= 0.6 is 0 Å². The molecule has 1 aliphatic rings. The van der Waals surface area contributed by atoms with E-state index in [1.165, 1.54) is 36.5 Å². The molecule has 0 radical (unpaired) electrons. The number of methoxy groups -OCH3 is 4. The van der Waals surface area contributed by atoms with Crippen LogP contribution in [0.15, 0.2) is 22.7 Å². The number of hydrogen-bond donors (Lipinski definition) is 0. The summed E-state index contributed by atoms with van der Waals surface area (Å²) in [4.78, 5) is 24.0. The quantitative estimate of drug-likeness (QED) is 0.547. The van der Waals surface area contributed by atoms with E-state index in [-0.39, 0.29) is 29.0 Å². The molecule has 2 rings (SSSR count). The van der Waals surface area contributed by atoms with E-state index in [2.05, 4.69) is 34.6 Å². The summed E-state index contributed by atoms with van der Waals surface area (Å²) in [6.45, 7) is 16.1. The van der Waals surface area contributed by atoms with Crippen molar-refractivity contribution in [3.63, 3.8) is 0 Å². The van der Waals surface area contributed by atoms with E-state index < -0.39 is 0 Å². The molecule has 0 aliphatic heterocycles. The zero-order chi connectivity index (χ0) is 24.9. The first kappa shape index (κ1) is 27.3. The number of benzene rings is 1. The smallest absolute Gasteiger partial charge is 0.228 e. The summed E-state index contributed by atoms with van der Waals surface area (Å²) in [6.07, 6.45) is 0. The number of rotatable bonds is 6.